The van der Waals surface area contributed by atoms with Crippen molar-refractivity contribution in [2.45, 2.75) is 19.9 Å². The van der Waals surface area contributed by atoms with Crippen LogP contribution in [0.2, 0.25) is 0 Å². The minimum atomic E-state index is -0.181. The van der Waals surface area contributed by atoms with Crippen molar-refractivity contribution in [1.82, 2.24) is 15.3 Å². The first kappa shape index (κ1) is 25.3. The number of piperazine rings is 1. The lowest BCUT2D eigenvalue weighted by Gasteiger charge is -2.37. The Labute approximate surface area is 224 Å². The first-order chi connectivity index (χ1) is 18.5. The zero-order valence-corrected chi connectivity index (χ0v) is 22.1. The van der Waals surface area contributed by atoms with E-state index in [4.69, 9.17) is 9.72 Å². The number of hydrogen-bond donors (Lipinski definition) is 1. The van der Waals surface area contributed by atoms with Gasteiger partial charge in [-0.05, 0) is 37.6 Å². The van der Waals surface area contributed by atoms with Crippen molar-refractivity contribution in [2.75, 3.05) is 43.1 Å². The van der Waals surface area contributed by atoms with Crippen LogP contribution in [0.25, 0.3) is 11.4 Å². The van der Waals surface area contributed by atoms with Crippen molar-refractivity contribution >= 4 is 17.4 Å². The van der Waals surface area contributed by atoms with Crippen LogP contribution in [0.4, 0.5) is 11.5 Å². The van der Waals surface area contributed by atoms with E-state index in [1.165, 1.54) is 0 Å². The molecule has 1 atom stereocenters. The number of para-hydroxylation sites is 2. The summed E-state index contributed by atoms with van der Waals surface area (Å²) in [6, 6.07) is 26.0. The molecule has 1 aliphatic rings. The molecule has 0 spiro atoms. The van der Waals surface area contributed by atoms with Gasteiger partial charge in [-0.15, -0.1) is 0 Å². The Morgan fingerprint density at radius 1 is 0.921 bits per heavy atom. The number of aryl methyl sites for hydroxylation is 1. The van der Waals surface area contributed by atoms with E-state index in [-0.39, 0.29) is 11.9 Å². The normalized spacial score (nSPS) is 14.2. The molecule has 3 aromatic carbocycles. The number of nitrogens with one attached hydrogen (secondary N) is 1. The third-order valence-electron chi connectivity index (χ3n) is 6.94. The molecule has 0 saturated carbocycles. The summed E-state index contributed by atoms with van der Waals surface area (Å²) in [5.41, 5.74) is 4.67. The van der Waals surface area contributed by atoms with Crippen molar-refractivity contribution in [1.29, 1.82) is 0 Å². The van der Waals surface area contributed by atoms with Gasteiger partial charge >= 0.3 is 0 Å². The Morgan fingerprint density at radius 3 is 2.37 bits per heavy atom. The lowest BCUT2D eigenvalue weighted by Crippen LogP contribution is -2.47. The third-order valence-corrected chi connectivity index (χ3v) is 6.94. The molecule has 1 N–H and O–H groups in total. The van der Waals surface area contributed by atoms with Crippen molar-refractivity contribution in [3.05, 3.63) is 102 Å². The number of amides is 1. The molecule has 0 radical (unpaired) electrons. The Balaban J connectivity index is 1.43. The van der Waals surface area contributed by atoms with Crippen LogP contribution in [0, 0.1) is 6.92 Å². The third kappa shape index (κ3) is 5.47. The summed E-state index contributed by atoms with van der Waals surface area (Å²) in [7, 11) is 1.70. The number of rotatable bonds is 7. The van der Waals surface area contributed by atoms with Gasteiger partial charge < -0.3 is 19.9 Å². The molecular formula is C31H33N5O2. The molecule has 2 heterocycles. The molecule has 0 aliphatic carbocycles. The number of ether oxygens (including phenoxy) is 1. The summed E-state index contributed by atoms with van der Waals surface area (Å²) < 4.78 is 5.58. The number of aromatic nitrogens is 2. The van der Waals surface area contributed by atoms with Gasteiger partial charge in [0.2, 0.25) is 0 Å². The van der Waals surface area contributed by atoms with Crippen LogP contribution in [-0.4, -0.2) is 49.2 Å². The zero-order chi connectivity index (χ0) is 26.5. The van der Waals surface area contributed by atoms with Crippen LogP contribution in [0.5, 0.6) is 5.75 Å². The van der Waals surface area contributed by atoms with E-state index < -0.39 is 0 Å². The number of methoxy groups -OCH3 is 1. The molecule has 38 heavy (non-hydrogen) atoms. The van der Waals surface area contributed by atoms with Gasteiger partial charge in [-0.1, -0.05) is 66.2 Å². The Bertz CT molecular complexity index is 1400. The largest absolute Gasteiger partial charge is 0.495 e. The lowest BCUT2D eigenvalue weighted by molar-refractivity contribution is 0.0939. The van der Waals surface area contributed by atoms with Crippen LogP contribution in [-0.2, 0) is 0 Å². The molecule has 7 heteroatoms. The monoisotopic (exact) mass is 507 g/mol. The summed E-state index contributed by atoms with van der Waals surface area (Å²) in [5.74, 6) is 1.96. The second-order valence-electron chi connectivity index (χ2n) is 9.55. The smallest absolute Gasteiger partial charge is 0.257 e. The predicted octanol–water partition coefficient (Wildman–Crippen LogP) is 5.28. The second kappa shape index (κ2) is 11.3. The molecule has 1 fully saturated rings. The highest BCUT2D eigenvalue weighted by Gasteiger charge is 2.26. The molecular weight excluding hydrogens is 474 g/mol. The Morgan fingerprint density at radius 2 is 1.63 bits per heavy atom. The van der Waals surface area contributed by atoms with Gasteiger partial charge in [0.05, 0.1) is 18.8 Å². The number of carbonyl (C=O) groups excluding carboxylic acids is 1. The zero-order valence-electron chi connectivity index (χ0n) is 22.1. The summed E-state index contributed by atoms with van der Waals surface area (Å²) in [6.07, 6.45) is 1.67. The number of benzene rings is 3. The van der Waals surface area contributed by atoms with Crippen LogP contribution >= 0.6 is 0 Å². The molecule has 1 saturated heterocycles. The van der Waals surface area contributed by atoms with Gasteiger partial charge in [0, 0.05) is 37.9 Å². The maximum atomic E-state index is 13.5. The molecule has 1 unspecified atom stereocenters. The van der Waals surface area contributed by atoms with E-state index in [0.29, 0.717) is 17.2 Å². The summed E-state index contributed by atoms with van der Waals surface area (Å²) in [4.78, 5) is 27.6. The first-order valence-electron chi connectivity index (χ1n) is 13.0. The highest BCUT2D eigenvalue weighted by molar-refractivity contribution is 5.99. The number of nitrogens with zero attached hydrogens (tertiary/aromatic N) is 4. The quantitative estimate of drug-likeness (QED) is 0.367. The van der Waals surface area contributed by atoms with Crippen molar-refractivity contribution in [3.63, 3.8) is 0 Å². The van der Waals surface area contributed by atoms with Crippen LogP contribution in [0.1, 0.15) is 34.5 Å². The van der Waals surface area contributed by atoms with Crippen LogP contribution in [0.15, 0.2) is 85.1 Å². The maximum absolute atomic E-state index is 13.5. The van der Waals surface area contributed by atoms with Gasteiger partial charge in [-0.2, -0.15) is 0 Å². The molecule has 7 nitrogen and oxygen atoms in total. The summed E-state index contributed by atoms with van der Waals surface area (Å²) in [5, 5.41) is 3.14. The van der Waals surface area contributed by atoms with Crippen LogP contribution < -0.4 is 19.9 Å². The fraction of sp³-hybridized carbons (Fsp3) is 0.258. The first-order valence-corrected chi connectivity index (χ1v) is 13.0. The van der Waals surface area contributed by atoms with Crippen molar-refractivity contribution in [2.24, 2.45) is 0 Å². The molecule has 1 amide bonds. The minimum absolute atomic E-state index is 0.143. The summed E-state index contributed by atoms with van der Waals surface area (Å²) in [6.45, 7) is 7.04. The SMILES string of the molecule is COc1ccccc1N1CCN(c2nc(-c3cccc(C)c3)ncc2C(=O)NC(C)c2ccccc2)CC1. The van der Waals surface area contributed by atoms with Gasteiger partial charge in [0.1, 0.15) is 17.1 Å². The number of carbonyl (C=O) groups is 1. The topological polar surface area (TPSA) is 70.6 Å². The van der Waals surface area contributed by atoms with E-state index >= 15 is 0 Å². The number of anilines is 2. The average molecular weight is 508 g/mol. The van der Waals surface area contributed by atoms with Crippen molar-refractivity contribution < 1.29 is 9.53 Å². The van der Waals surface area contributed by atoms with Gasteiger partial charge in [-0.3, -0.25) is 4.79 Å². The maximum Gasteiger partial charge on any atom is 0.257 e. The van der Waals surface area contributed by atoms with E-state index in [9.17, 15) is 4.79 Å². The standard InChI is InChI=1S/C31H33N5O2/c1-22-10-9-13-25(20-22)29-32-21-26(31(37)33-23(2)24-11-5-4-6-12-24)30(34-29)36-18-16-35(17-19-36)27-14-7-8-15-28(27)38-3/h4-15,20-21,23H,16-19H2,1-3H3,(H,33,37). The molecule has 0 bridgehead atoms. The number of hydrogen-bond acceptors (Lipinski definition) is 6. The van der Waals surface area contributed by atoms with E-state index in [1.54, 1.807) is 13.3 Å². The Kier molecular flexibility index (Phi) is 7.54. The highest BCUT2D eigenvalue weighted by atomic mass is 16.5. The van der Waals surface area contributed by atoms with Gasteiger partial charge in [0.25, 0.3) is 5.91 Å². The fourth-order valence-corrected chi connectivity index (χ4v) is 4.85. The fourth-order valence-electron chi connectivity index (χ4n) is 4.85. The van der Waals surface area contributed by atoms with Crippen molar-refractivity contribution in [3.8, 4) is 17.1 Å². The predicted molar refractivity (Wildman–Crippen MR) is 152 cm³/mol. The second-order valence-corrected chi connectivity index (χ2v) is 9.55. The van der Waals surface area contributed by atoms with Crippen LogP contribution in [0.3, 0.4) is 0 Å². The Hall–Kier alpha value is -4.39. The summed E-state index contributed by atoms with van der Waals surface area (Å²) >= 11 is 0. The average Bonchev–Trinajstić information content (AvgIpc) is 2.97. The van der Waals surface area contributed by atoms with Gasteiger partial charge in [0.15, 0.2) is 5.82 Å². The molecule has 4 aromatic rings. The van der Waals surface area contributed by atoms with E-state index in [0.717, 1.165) is 54.3 Å². The lowest BCUT2D eigenvalue weighted by atomic mass is 10.1. The molecule has 194 valence electrons. The molecule has 1 aromatic heterocycles. The molecule has 1 aliphatic heterocycles. The minimum Gasteiger partial charge on any atom is -0.495 e. The van der Waals surface area contributed by atoms with E-state index in [2.05, 4.69) is 32.2 Å². The highest BCUT2D eigenvalue weighted by Crippen LogP contribution is 2.30. The van der Waals surface area contributed by atoms with Gasteiger partial charge in [-0.25, -0.2) is 9.97 Å². The van der Waals surface area contributed by atoms with E-state index in [1.807, 2.05) is 80.6 Å². The molecule has 5 rings (SSSR count).